The molecule has 1 unspecified atom stereocenters. The van der Waals surface area contributed by atoms with E-state index in [1.54, 1.807) is 4.90 Å². The molecule has 0 aliphatic carbocycles. The molecular weight excluding hydrogens is 250 g/mol. The first-order valence-corrected chi connectivity index (χ1v) is 7.00. The second kappa shape index (κ2) is 5.48. The van der Waals surface area contributed by atoms with Gasteiger partial charge >= 0.3 is 11.8 Å². The van der Waals surface area contributed by atoms with E-state index >= 15 is 0 Å². The largest absolute Gasteiger partial charge is 0.332 e. The van der Waals surface area contributed by atoms with Crippen LogP contribution < -0.4 is 5.32 Å². The SMILES string of the molecule is Cc1csc(NC(=O)C(=O)N2CCCCC2C)n1. The van der Waals surface area contributed by atoms with Crippen LogP contribution in [0, 0.1) is 6.92 Å². The summed E-state index contributed by atoms with van der Waals surface area (Å²) in [5, 5.41) is 4.88. The molecule has 1 N–H and O–H groups in total. The first kappa shape index (κ1) is 13.0. The van der Waals surface area contributed by atoms with Crippen LogP contribution in [-0.4, -0.2) is 34.3 Å². The molecular formula is C12H17N3O2S. The quantitative estimate of drug-likeness (QED) is 0.789. The fourth-order valence-electron chi connectivity index (χ4n) is 2.09. The second-order valence-corrected chi connectivity index (χ2v) is 5.45. The number of amides is 2. The van der Waals surface area contributed by atoms with E-state index in [-0.39, 0.29) is 6.04 Å². The molecule has 5 nitrogen and oxygen atoms in total. The molecule has 1 saturated heterocycles. The monoisotopic (exact) mass is 267 g/mol. The summed E-state index contributed by atoms with van der Waals surface area (Å²) in [7, 11) is 0. The highest BCUT2D eigenvalue weighted by Gasteiger charge is 2.28. The van der Waals surface area contributed by atoms with Gasteiger partial charge in [0.05, 0.1) is 5.69 Å². The normalized spacial score (nSPS) is 19.7. The maximum absolute atomic E-state index is 12.0. The Morgan fingerprint density at radius 2 is 2.28 bits per heavy atom. The number of aryl methyl sites for hydroxylation is 1. The third kappa shape index (κ3) is 2.87. The number of piperidine rings is 1. The Morgan fingerprint density at radius 1 is 1.50 bits per heavy atom. The van der Waals surface area contributed by atoms with E-state index in [1.165, 1.54) is 11.3 Å². The van der Waals surface area contributed by atoms with Gasteiger partial charge in [-0.25, -0.2) is 4.98 Å². The fourth-order valence-corrected chi connectivity index (χ4v) is 2.78. The number of carbonyl (C=O) groups excluding carboxylic acids is 2. The molecule has 0 saturated carbocycles. The van der Waals surface area contributed by atoms with Gasteiger partial charge in [0.1, 0.15) is 0 Å². The van der Waals surface area contributed by atoms with E-state index in [0.29, 0.717) is 11.7 Å². The van der Waals surface area contributed by atoms with Crippen molar-refractivity contribution < 1.29 is 9.59 Å². The van der Waals surface area contributed by atoms with Crippen molar-refractivity contribution in [2.45, 2.75) is 39.2 Å². The Bertz CT molecular complexity index is 458. The lowest BCUT2D eigenvalue weighted by molar-refractivity contribution is -0.145. The van der Waals surface area contributed by atoms with Crippen molar-refractivity contribution in [3.8, 4) is 0 Å². The lowest BCUT2D eigenvalue weighted by Crippen LogP contribution is -2.47. The van der Waals surface area contributed by atoms with Crippen LogP contribution in [0.25, 0.3) is 0 Å². The van der Waals surface area contributed by atoms with E-state index < -0.39 is 11.8 Å². The van der Waals surface area contributed by atoms with Crippen molar-refractivity contribution in [3.05, 3.63) is 11.1 Å². The maximum atomic E-state index is 12.0. The van der Waals surface area contributed by atoms with Crippen LogP contribution in [0.15, 0.2) is 5.38 Å². The predicted molar refractivity (Wildman–Crippen MR) is 70.5 cm³/mol. The third-order valence-electron chi connectivity index (χ3n) is 3.10. The van der Waals surface area contributed by atoms with E-state index in [0.717, 1.165) is 25.0 Å². The molecule has 18 heavy (non-hydrogen) atoms. The van der Waals surface area contributed by atoms with E-state index in [4.69, 9.17) is 0 Å². The van der Waals surface area contributed by atoms with Gasteiger partial charge in [0.2, 0.25) is 0 Å². The highest BCUT2D eigenvalue weighted by Crippen LogP contribution is 2.18. The Labute approximate surface area is 110 Å². The topological polar surface area (TPSA) is 62.3 Å². The number of carbonyl (C=O) groups is 2. The summed E-state index contributed by atoms with van der Waals surface area (Å²) < 4.78 is 0. The Balaban J connectivity index is 1.98. The molecule has 0 radical (unpaired) electrons. The van der Waals surface area contributed by atoms with Crippen molar-refractivity contribution in [2.24, 2.45) is 0 Å². The molecule has 2 heterocycles. The molecule has 0 aromatic carbocycles. The summed E-state index contributed by atoms with van der Waals surface area (Å²) in [6.07, 6.45) is 3.06. The predicted octanol–water partition coefficient (Wildman–Crippen LogP) is 1.79. The number of aromatic nitrogens is 1. The number of thiazole rings is 1. The van der Waals surface area contributed by atoms with Crippen molar-refractivity contribution >= 4 is 28.3 Å². The minimum absolute atomic E-state index is 0.148. The average Bonchev–Trinajstić information content (AvgIpc) is 2.74. The molecule has 1 aromatic rings. The van der Waals surface area contributed by atoms with E-state index in [9.17, 15) is 9.59 Å². The van der Waals surface area contributed by atoms with Gasteiger partial charge in [-0.3, -0.25) is 14.9 Å². The molecule has 1 aliphatic rings. The molecule has 0 bridgehead atoms. The van der Waals surface area contributed by atoms with Gasteiger partial charge in [-0.05, 0) is 33.1 Å². The zero-order valence-electron chi connectivity index (χ0n) is 10.6. The Hall–Kier alpha value is -1.43. The summed E-state index contributed by atoms with van der Waals surface area (Å²) >= 11 is 1.33. The van der Waals surface area contributed by atoms with Crippen LogP contribution >= 0.6 is 11.3 Å². The minimum atomic E-state index is -0.585. The fraction of sp³-hybridized carbons (Fsp3) is 0.583. The Kier molecular flexibility index (Phi) is 3.96. The van der Waals surface area contributed by atoms with Crippen LogP contribution in [0.3, 0.4) is 0 Å². The van der Waals surface area contributed by atoms with Gasteiger partial charge in [0, 0.05) is 18.0 Å². The van der Waals surface area contributed by atoms with Gasteiger partial charge < -0.3 is 4.90 Å². The van der Waals surface area contributed by atoms with Crippen molar-refractivity contribution in [1.29, 1.82) is 0 Å². The number of nitrogens with one attached hydrogen (secondary N) is 1. The molecule has 1 fully saturated rings. The molecule has 0 spiro atoms. The van der Waals surface area contributed by atoms with Gasteiger partial charge in [-0.1, -0.05) is 0 Å². The Morgan fingerprint density at radius 3 is 2.89 bits per heavy atom. The number of rotatable bonds is 1. The number of anilines is 1. The average molecular weight is 267 g/mol. The van der Waals surface area contributed by atoms with E-state index in [1.807, 2.05) is 19.2 Å². The highest BCUT2D eigenvalue weighted by molar-refractivity contribution is 7.14. The highest BCUT2D eigenvalue weighted by atomic mass is 32.1. The number of likely N-dealkylation sites (tertiary alicyclic amines) is 1. The van der Waals surface area contributed by atoms with Crippen molar-refractivity contribution in [2.75, 3.05) is 11.9 Å². The number of hydrogen-bond acceptors (Lipinski definition) is 4. The maximum Gasteiger partial charge on any atom is 0.315 e. The first-order chi connectivity index (χ1) is 8.58. The summed E-state index contributed by atoms with van der Waals surface area (Å²) in [6, 6.07) is 0.148. The van der Waals surface area contributed by atoms with Gasteiger partial charge in [0.15, 0.2) is 5.13 Å². The molecule has 98 valence electrons. The van der Waals surface area contributed by atoms with Crippen LogP contribution in [0.2, 0.25) is 0 Å². The van der Waals surface area contributed by atoms with Crippen LogP contribution in [0.1, 0.15) is 31.9 Å². The standard InChI is InChI=1S/C12H17N3O2S/c1-8-7-18-12(13-8)14-10(16)11(17)15-6-4-3-5-9(15)2/h7,9H,3-6H2,1-2H3,(H,13,14,16). The smallest absolute Gasteiger partial charge is 0.315 e. The number of hydrogen-bond donors (Lipinski definition) is 1. The van der Waals surface area contributed by atoms with Crippen LogP contribution in [0.5, 0.6) is 0 Å². The first-order valence-electron chi connectivity index (χ1n) is 6.12. The molecule has 1 aromatic heterocycles. The molecule has 1 atom stereocenters. The van der Waals surface area contributed by atoms with Crippen LogP contribution in [-0.2, 0) is 9.59 Å². The van der Waals surface area contributed by atoms with Gasteiger partial charge in [-0.2, -0.15) is 0 Å². The third-order valence-corrected chi connectivity index (χ3v) is 3.97. The van der Waals surface area contributed by atoms with Gasteiger partial charge in [0.25, 0.3) is 0 Å². The molecule has 2 amide bonds. The second-order valence-electron chi connectivity index (χ2n) is 4.59. The lowest BCUT2D eigenvalue weighted by Gasteiger charge is -2.32. The summed E-state index contributed by atoms with van der Waals surface area (Å²) in [4.78, 5) is 29.6. The van der Waals surface area contributed by atoms with Crippen molar-refractivity contribution in [3.63, 3.8) is 0 Å². The number of nitrogens with zero attached hydrogens (tertiary/aromatic N) is 2. The minimum Gasteiger partial charge on any atom is -0.332 e. The zero-order valence-corrected chi connectivity index (χ0v) is 11.4. The van der Waals surface area contributed by atoms with Crippen LogP contribution in [0.4, 0.5) is 5.13 Å². The van der Waals surface area contributed by atoms with Gasteiger partial charge in [-0.15, -0.1) is 11.3 Å². The van der Waals surface area contributed by atoms with E-state index in [2.05, 4.69) is 10.3 Å². The summed E-state index contributed by atoms with van der Waals surface area (Å²) in [6.45, 7) is 4.50. The van der Waals surface area contributed by atoms with Crippen molar-refractivity contribution in [1.82, 2.24) is 9.88 Å². The summed E-state index contributed by atoms with van der Waals surface area (Å²) in [5.41, 5.74) is 0.842. The lowest BCUT2D eigenvalue weighted by atomic mass is 10.0. The zero-order chi connectivity index (χ0) is 13.1. The molecule has 1 aliphatic heterocycles. The molecule has 6 heteroatoms. The summed E-state index contributed by atoms with van der Waals surface area (Å²) in [5.74, 6) is -1.03. The molecule has 2 rings (SSSR count).